The molecule has 0 fully saturated rings. The number of carbonyl (C=O) groups excluding carboxylic acids is 1. The van der Waals surface area contributed by atoms with Gasteiger partial charge in [0.15, 0.2) is 6.10 Å². The van der Waals surface area contributed by atoms with Gasteiger partial charge >= 0.3 is 6.09 Å². The van der Waals surface area contributed by atoms with E-state index in [4.69, 9.17) is 9.47 Å². The lowest BCUT2D eigenvalue weighted by atomic mass is 10.1. The molecule has 0 aliphatic heterocycles. The van der Waals surface area contributed by atoms with E-state index in [1.165, 1.54) is 0 Å². The summed E-state index contributed by atoms with van der Waals surface area (Å²) in [6.45, 7) is 5.83. The predicted octanol–water partition coefficient (Wildman–Crippen LogP) is 2.09. The van der Waals surface area contributed by atoms with Crippen molar-refractivity contribution < 1.29 is 19.4 Å². The first-order valence-electron chi connectivity index (χ1n) is 8.43. The average Bonchev–Trinajstić information content (AvgIpc) is 3.02. The number of amides is 1. The zero-order chi connectivity index (χ0) is 19.2. The van der Waals surface area contributed by atoms with Crippen molar-refractivity contribution in [1.29, 1.82) is 0 Å². The third kappa shape index (κ3) is 5.73. The molecule has 0 bridgehead atoms. The van der Waals surface area contributed by atoms with Crippen molar-refractivity contribution in [3.8, 4) is 5.75 Å². The Balaban J connectivity index is 2.22. The minimum absolute atomic E-state index is 0.0835. The number of hydrogen-bond acceptors (Lipinski definition) is 6. The van der Waals surface area contributed by atoms with E-state index in [1.54, 1.807) is 18.0 Å². The summed E-state index contributed by atoms with van der Waals surface area (Å²) in [6, 6.07) is 7.53. The lowest BCUT2D eigenvalue weighted by molar-refractivity contribution is 0.0855. The third-order valence-electron chi connectivity index (χ3n) is 3.60. The van der Waals surface area contributed by atoms with E-state index in [0.29, 0.717) is 12.1 Å². The molecule has 1 amide bonds. The van der Waals surface area contributed by atoms with Gasteiger partial charge in [-0.25, -0.2) is 9.48 Å². The Kier molecular flexibility index (Phi) is 6.57. The van der Waals surface area contributed by atoms with Crippen LogP contribution in [0, 0.1) is 0 Å². The molecule has 1 aromatic heterocycles. The van der Waals surface area contributed by atoms with E-state index < -0.39 is 17.7 Å². The summed E-state index contributed by atoms with van der Waals surface area (Å²) in [5.41, 5.74) is 1.18. The van der Waals surface area contributed by atoms with Crippen molar-refractivity contribution in [2.45, 2.75) is 45.4 Å². The number of benzene rings is 1. The molecule has 0 aliphatic rings. The zero-order valence-corrected chi connectivity index (χ0v) is 15.6. The second-order valence-corrected chi connectivity index (χ2v) is 6.93. The van der Waals surface area contributed by atoms with Gasteiger partial charge < -0.3 is 19.9 Å². The van der Waals surface area contributed by atoms with E-state index in [-0.39, 0.29) is 13.2 Å². The molecule has 2 aromatic rings. The number of carbonyl (C=O) groups is 1. The molecule has 8 heteroatoms. The number of aliphatic hydroxyl groups excluding tert-OH is 1. The number of methoxy groups -OCH3 is 1. The highest BCUT2D eigenvalue weighted by Crippen LogP contribution is 2.23. The van der Waals surface area contributed by atoms with Crippen LogP contribution in [0.1, 0.15) is 38.1 Å². The predicted molar refractivity (Wildman–Crippen MR) is 95.9 cm³/mol. The van der Waals surface area contributed by atoms with Crippen molar-refractivity contribution in [2.24, 2.45) is 0 Å². The van der Waals surface area contributed by atoms with Crippen LogP contribution in [0.15, 0.2) is 30.5 Å². The van der Waals surface area contributed by atoms with Gasteiger partial charge in [0.1, 0.15) is 5.75 Å². The molecule has 2 N–H and O–H groups in total. The number of rotatable bonds is 7. The lowest BCUT2D eigenvalue weighted by Gasteiger charge is -2.24. The molecule has 0 saturated heterocycles. The van der Waals surface area contributed by atoms with Crippen LogP contribution in [0.3, 0.4) is 0 Å². The van der Waals surface area contributed by atoms with Crippen LogP contribution in [-0.2, 0) is 17.7 Å². The Bertz CT molecular complexity index is 707. The van der Waals surface area contributed by atoms with E-state index in [0.717, 1.165) is 11.3 Å². The minimum Gasteiger partial charge on any atom is -0.497 e. The first-order chi connectivity index (χ1) is 12.3. The summed E-state index contributed by atoms with van der Waals surface area (Å²) in [4.78, 5) is 12.3. The summed E-state index contributed by atoms with van der Waals surface area (Å²) in [5, 5.41) is 19.8. The van der Waals surface area contributed by atoms with E-state index in [1.807, 2.05) is 45.0 Å². The number of alkyl carbamates (subject to hydrolysis) is 1. The molecule has 26 heavy (non-hydrogen) atoms. The largest absolute Gasteiger partial charge is 0.497 e. The Morgan fingerprint density at radius 3 is 2.58 bits per heavy atom. The molecule has 2 rings (SSSR count). The standard InChI is InChI=1S/C18H26N4O4/c1-18(2,3)20-17(24)26-16(15-12-19-21-22(15)9-10-23)11-13-5-7-14(25-4)8-6-13/h5-8,12,16,23H,9-11H2,1-4H3,(H,20,24)/t16-/m0/s1. The second kappa shape index (κ2) is 8.66. The fourth-order valence-electron chi connectivity index (χ4n) is 2.43. The normalized spacial score (nSPS) is 12.5. The summed E-state index contributed by atoms with van der Waals surface area (Å²) in [7, 11) is 1.61. The van der Waals surface area contributed by atoms with E-state index in [9.17, 15) is 9.90 Å². The highest BCUT2D eigenvalue weighted by Gasteiger charge is 2.24. The highest BCUT2D eigenvalue weighted by atomic mass is 16.6. The zero-order valence-electron chi connectivity index (χ0n) is 15.6. The summed E-state index contributed by atoms with van der Waals surface area (Å²) in [6.07, 6.45) is 0.884. The maximum atomic E-state index is 12.3. The molecule has 0 saturated carbocycles. The van der Waals surface area contributed by atoms with Gasteiger partial charge in [-0.05, 0) is 38.5 Å². The van der Waals surface area contributed by atoms with Gasteiger partial charge in [0.05, 0.1) is 32.2 Å². The Morgan fingerprint density at radius 1 is 1.31 bits per heavy atom. The van der Waals surface area contributed by atoms with Crippen LogP contribution >= 0.6 is 0 Å². The molecule has 1 atom stereocenters. The summed E-state index contributed by atoms with van der Waals surface area (Å²) in [5.74, 6) is 0.753. The number of nitrogens with zero attached hydrogens (tertiary/aromatic N) is 3. The van der Waals surface area contributed by atoms with Crippen LogP contribution in [0.25, 0.3) is 0 Å². The average molecular weight is 362 g/mol. The summed E-state index contributed by atoms with van der Waals surface area (Å²) < 4.78 is 12.4. The molecule has 142 valence electrons. The van der Waals surface area contributed by atoms with Crippen molar-refractivity contribution in [3.05, 3.63) is 41.7 Å². The van der Waals surface area contributed by atoms with E-state index in [2.05, 4.69) is 15.6 Å². The molecule has 1 heterocycles. The van der Waals surface area contributed by atoms with Crippen LogP contribution in [0.4, 0.5) is 4.79 Å². The quantitative estimate of drug-likeness (QED) is 0.782. The topological polar surface area (TPSA) is 98.5 Å². The monoisotopic (exact) mass is 362 g/mol. The molecule has 1 aromatic carbocycles. The van der Waals surface area contributed by atoms with Crippen LogP contribution < -0.4 is 10.1 Å². The van der Waals surface area contributed by atoms with Gasteiger partial charge in [0.2, 0.25) is 0 Å². The van der Waals surface area contributed by atoms with Crippen molar-refractivity contribution in [2.75, 3.05) is 13.7 Å². The first-order valence-corrected chi connectivity index (χ1v) is 8.43. The van der Waals surface area contributed by atoms with Gasteiger partial charge in [0, 0.05) is 12.0 Å². The fourth-order valence-corrected chi connectivity index (χ4v) is 2.43. The summed E-state index contributed by atoms with van der Waals surface area (Å²) >= 11 is 0. The van der Waals surface area contributed by atoms with Gasteiger partial charge in [-0.1, -0.05) is 17.3 Å². The molecule has 0 spiro atoms. The van der Waals surface area contributed by atoms with Gasteiger partial charge in [-0.3, -0.25) is 0 Å². The fraction of sp³-hybridized carbons (Fsp3) is 0.500. The van der Waals surface area contributed by atoms with Crippen molar-refractivity contribution in [3.63, 3.8) is 0 Å². The number of hydrogen-bond donors (Lipinski definition) is 2. The third-order valence-corrected chi connectivity index (χ3v) is 3.60. The number of ether oxygens (including phenoxy) is 2. The molecule has 0 unspecified atom stereocenters. The van der Waals surface area contributed by atoms with Gasteiger partial charge in [0.25, 0.3) is 0 Å². The molecule has 8 nitrogen and oxygen atoms in total. The Labute approximate surface area is 153 Å². The molecular weight excluding hydrogens is 336 g/mol. The first kappa shape index (κ1) is 19.7. The van der Waals surface area contributed by atoms with Crippen molar-refractivity contribution >= 4 is 6.09 Å². The number of aromatic nitrogens is 3. The number of nitrogens with one attached hydrogen (secondary N) is 1. The highest BCUT2D eigenvalue weighted by molar-refractivity contribution is 5.68. The maximum Gasteiger partial charge on any atom is 0.408 e. The maximum absolute atomic E-state index is 12.3. The number of aliphatic hydroxyl groups is 1. The van der Waals surface area contributed by atoms with E-state index >= 15 is 0 Å². The second-order valence-electron chi connectivity index (χ2n) is 6.93. The molecular formula is C18H26N4O4. The van der Waals surface area contributed by atoms with Crippen LogP contribution in [-0.4, -0.2) is 45.4 Å². The molecule has 0 aliphatic carbocycles. The van der Waals surface area contributed by atoms with Crippen LogP contribution in [0.5, 0.6) is 5.75 Å². The minimum atomic E-state index is -0.590. The Hall–Kier alpha value is -2.61. The van der Waals surface area contributed by atoms with Crippen LogP contribution in [0.2, 0.25) is 0 Å². The van der Waals surface area contributed by atoms with Gasteiger partial charge in [-0.2, -0.15) is 0 Å². The Morgan fingerprint density at radius 2 is 2.00 bits per heavy atom. The lowest BCUT2D eigenvalue weighted by Crippen LogP contribution is -2.41. The van der Waals surface area contributed by atoms with Gasteiger partial charge in [-0.15, -0.1) is 5.10 Å². The SMILES string of the molecule is COc1ccc(C[C@H](OC(=O)NC(C)(C)C)c2cnnn2CCO)cc1. The van der Waals surface area contributed by atoms with Crippen molar-refractivity contribution in [1.82, 2.24) is 20.3 Å². The smallest absolute Gasteiger partial charge is 0.408 e. The molecule has 0 radical (unpaired) electrons.